The van der Waals surface area contributed by atoms with E-state index in [2.05, 4.69) is 209 Å². The maximum Gasteiger partial charge on any atom is 0.159 e. The summed E-state index contributed by atoms with van der Waals surface area (Å²) in [5.41, 5.74) is 16.2. The van der Waals surface area contributed by atoms with Crippen molar-refractivity contribution in [3.63, 3.8) is 0 Å². The second-order valence-electron chi connectivity index (χ2n) is 15.1. The third-order valence-corrected chi connectivity index (χ3v) is 11.8. The number of benzene rings is 9. The van der Waals surface area contributed by atoms with Crippen molar-refractivity contribution < 1.29 is 4.42 Å². The molecule has 0 saturated carbocycles. The number of imidazole rings is 1. The van der Waals surface area contributed by atoms with Gasteiger partial charge in [-0.3, -0.25) is 4.57 Å². The van der Waals surface area contributed by atoms with E-state index < -0.39 is 0 Å². The summed E-state index contributed by atoms with van der Waals surface area (Å²) in [6.07, 6.45) is 0. The molecule has 0 radical (unpaired) electrons. The van der Waals surface area contributed by atoms with Gasteiger partial charge in [0.25, 0.3) is 0 Å². The zero-order valence-electron chi connectivity index (χ0n) is 32.0. The van der Waals surface area contributed by atoms with Crippen LogP contribution in [0.3, 0.4) is 0 Å². The van der Waals surface area contributed by atoms with Gasteiger partial charge < -0.3 is 8.98 Å². The Morgan fingerprint density at radius 1 is 0.373 bits per heavy atom. The Kier molecular flexibility index (Phi) is 7.50. The summed E-state index contributed by atoms with van der Waals surface area (Å²) in [5, 5.41) is 4.60. The lowest BCUT2D eigenvalue weighted by Crippen LogP contribution is -1.97. The number of fused-ring (bicyclic) bond motifs is 7. The molecule has 3 aromatic heterocycles. The van der Waals surface area contributed by atoms with Crippen LogP contribution in [0.2, 0.25) is 0 Å². The summed E-state index contributed by atoms with van der Waals surface area (Å²) in [5.74, 6) is 0.924. The second kappa shape index (κ2) is 13.3. The molecule has 0 N–H and O–H groups in total. The van der Waals surface area contributed by atoms with Crippen LogP contribution in [-0.2, 0) is 0 Å². The minimum absolute atomic E-state index is 0.861. The lowest BCUT2D eigenvalue weighted by atomic mass is 9.99. The highest BCUT2D eigenvalue weighted by molar-refractivity contribution is 6.16. The Bertz CT molecular complexity index is 3430. The van der Waals surface area contributed by atoms with Crippen LogP contribution in [0, 0.1) is 0 Å². The quantitative estimate of drug-likeness (QED) is 0.169. The Hall–Kier alpha value is -7.95. The molecule has 4 heteroatoms. The molecule has 9 aromatic carbocycles. The predicted octanol–water partition coefficient (Wildman–Crippen LogP) is 14.7. The number of nitrogens with zero attached hydrogens (tertiary/aromatic N) is 3. The van der Waals surface area contributed by atoms with Crippen LogP contribution < -0.4 is 0 Å². The van der Waals surface area contributed by atoms with Gasteiger partial charge in [0.1, 0.15) is 11.4 Å². The molecular weight excluding hydrogens is 719 g/mol. The number of hydrogen-bond donors (Lipinski definition) is 0. The van der Waals surface area contributed by atoms with Gasteiger partial charge in [-0.05, 0) is 94.0 Å². The molecule has 0 aliphatic carbocycles. The van der Waals surface area contributed by atoms with Crippen LogP contribution >= 0.6 is 0 Å². The van der Waals surface area contributed by atoms with Crippen LogP contribution in [0.5, 0.6) is 0 Å². The van der Waals surface area contributed by atoms with Gasteiger partial charge in [0.15, 0.2) is 5.58 Å². The average molecular weight is 754 g/mol. The fraction of sp³-hybridized carbons (Fsp3) is 0. The average Bonchev–Trinajstić information content (AvgIpc) is 4.00. The smallest absolute Gasteiger partial charge is 0.159 e. The van der Waals surface area contributed by atoms with Crippen LogP contribution in [0.25, 0.3) is 111 Å². The van der Waals surface area contributed by atoms with Crippen molar-refractivity contribution in [2.75, 3.05) is 0 Å². The first-order valence-corrected chi connectivity index (χ1v) is 20.0. The van der Waals surface area contributed by atoms with E-state index in [0.717, 1.165) is 77.9 Å². The highest BCUT2D eigenvalue weighted by Gasteiger charge is 2.21. The lowest BCUT2D eigenvalue weighted by Gasteiger charge is -2.11. The van der Waals surface area contributed by atoms with Gasteiger partial charge in [0, 0.05) is 32.8 Å². The molecule has 0 fully saturated rings. The van der Waals surface area contributed by atoms with E-state index in [4.69, 9.17) is 9.40 Å². The molecule has 0 amide bonds. The number of furan rings is 1. The van der Waals surface area contributed by atoms with Gasteiger partial charge in [-0.15, -0.1) is 0 Å². The molecule has 12 aromatic rings. The zero-order chi connectivity index (χ0) is 38.9. The van der Waals surface area contributed by atoms with E-state index in [1.54, 1.807) is 0 Å². The SMILES string of the molecule is c1ccc(-c2ccc3c(c2)c2cc(-c4ccccc4)ccc2n3-c2cccc3c2oc2cccc(-c4ccc(-n5c(-c6ccccc6)nc6ccccc65)cc4)c23)cc1. The molecule has 0 spiro atoms. The lowest BCUT2D eigenvalue weighted by molar-refractivity contribution is 0.666. The monoisotopic (exact) mass is 753 g/mol. The first kappa shape index (κ1) is 33.2. The molecule has 3 heterocycles. The summed E-state index contributed by atoms with van der Waals surface area (Å²) in [7, 11) is 0. The number of para-hydroxylation sites is 3. The maximum atomic E-state index is 6.92. The van der Waals surface area contributed by atoms with Gasteiger partial charge in [0.05, 0.1) is 27.8 Å². The first-order valence-electron chi connectivity index (χ1n) is 20.0. The highest BCUT2D eigenvalue weighted by Crippen LogP contribution is 2.43. The Morgan fingerprint density at radius 2 is 0.949 bits per heavy atom. The maximum absolute atomic E-state index is 6.92. The molecule has 59 heavy (non-hydrogen) atoms. The third kappa shape index (κ3) is 5.34. The van der Waals surface area contributed by atoms with Gasteiger partial charge >= 0.3 is 0 Å². The van der Waals surface area contributed by atoms with Crippen LogP contribution in [-0.4, -0.2) is 14.1 Å². The van der Waals surface area contributed by atoms with Crippen molar-refractivity contribution in [3.05, 3.63) is 212 Å². The van der Waals surface area contributed by atoms with Crippen molar-refractivity contribution in [2.24, 2.45) is 0 Å². The van der Waals surface area contributed by atoms with Gasteiger partial charge in [-0.25, -0.2) is 4.98 Å². The molecule has 4 nitrogen and oxygen atoms in total. The van der Waals surface area contributed by atoms with Crippen molar-refractivity contribution in [1.29, 1.82) is 0 Å². The van der Waals surface area contributed by atoms with Crippen molar-refractivity contribution >= 4 is 54.8 Å². The van der Waals surface area contributed by atoms with E-state index in [0.29, 0.717) is 0 Å². The van der Waals surface area contributed by atoms with Gasteiger partial charge in [0.2, 0.25) is 0 Å². The minimum atomic E-state index is 0.861. The molecule has 276 valence electrons. The second-order valence-corrected chi connectivity index (χ2v) is 15.1. The summed E-state index contributed by atoms with van der Waals surface area (Å²) in [6.45, 7) is 0. The van der Waals surface area contributed by atoms with Gasteiger partial charge in [-0.1, -0.05) is 152 Å². The minimum Gasteiger partial charge on any atom is -0.454 e. The molecule has 0 saturated heterocycles. The van der Waals surface area contributed by atoms with Crippen LogP contribution in [0.1, 0.15) is 0 Å². The molecule has 0 aliphatic rings. The van der Waals surface area contributed by atoms with Crippen LogP contribution in [0.4, 0.5) is 0 Å². The third-order valence-electron chi connectivity index (χ3n) is 11.8. The van der Waals surface area contributed by atoms with Crippen molar-refractivity contribution in [2.45, 2.75) is 0 Å². The van der Waals surface area contributed by atoms with Crippen molar-refractivity contribution in [1.82, 2.24) is 14.1 Å². The summed E-state index contributed by atoms with van der Waals surface area (Å²) < 4.78 is 11.6. The fourth-order valence-corrected chi connectivity index (χ4v) is 9.01. The highest BCUT2D eigenvalue weighted by atomic mass is 16.3. The van der Waals surface area contributed by atoms with E-state index in [9.17, 15) is 0 Å². The van der Waals surface area contributed by atoms with E-state index in [-0.39, 0.29) is 0 Å². The predicted molar refractivity (Wildman–Crippen MR) is 244 cm³/mol. The summed E-state index contributed by atoms with van der Waals surface area (Å²) in [6, 6.07) is 75.5. The molecule has 0 aliphatic heterocycles. The van der Waals surface area contributed by atoms with Gasteiger partial charge in [-0.2, -0.15) is 0 Å². The Morgan fingerprint density at radius 3 is 1.61 bits per heavy atom. The van der Waals surface area contributed by atoms with E-state index in [1.807, 2.05) is 12.1 Å². The largest absolute Gasteiger partial charge is 0.454 e. The number of aromatic nitrogens is 3. The van der Waals surface area contributed by atoms with E-state index >= 15 is 0 Å². The molecule has 0 bridgehead atoms. The fourth-order valence-electron chi connectivity index (χ4n) is 9.01. The normalized spacial score (nSPS) is 11.7. The first-order chi connectivity index (χ1) is 29.3. The molecule has 12 rings (SSSR count). The molecular formula is C55H35N3O. The Balaban J connectivity index is 1.02. The standard InChI is InChI=1S/C55H35N3O/c1-4-14-36(15-5-1)40-28-32-48-45(34-40)46-35-41(37-16-6-2-7-17-37)29-33-49(46)58(48)51-24-12-21-44-53-43(20-13-25-52(53)59-54(44)51)38-26-30-42(31-27-38)57-50-23-11-10-22-47(50)56-55(57)39-18-8-3-9-19-39/h1-35H. The Labute approximate surface area is 340 Å². The number of hydrogen-bond acceptors (Lipinski definition) is 2. The summed E-state index contributed by atoms with van der Waals surface area (Å²) in [4.78, 5) is 5.06. The van der Waals surface area contributed by atoms with Crippen LogP contribution in [0.15, 0.2) is 217 Å². The van der Waals surface area contributed by atoms with Crippen molar-refractivity contribution in [3.8, 4) is 56.1 Å². The topological polar surface area (TPSA) is 35.9 Å². The number of rotatable bonds is 6. The van der Waals surface area contributed by atoms with E-state index in [1.165, 1.54) is 33.0 Å². The molecule has 0 unspecified atom stereocenters. The zero-order valence-corrected chi connectivity index (χ0v) is 32.0. The summed E-state index contributed by atoms with van der Waals surface area (Å²) >= 11 is 0. The molecule has 0 atom stereocenters.